The molecule has 0 radical (unpaired) electrons. The van der Waals surface area contributed by atoms with E-state index in [0.717, 1.165) is 0 Å². The average Bonchev–Trinajstić information content (AvgIpc) is 2.79. The fourth-order valence-corrected chi connectivity index (χ4v) is 2.28. The monoisotopic (exact) mass is 338 g/mol. The van der Waals surface area contributed by atoms with Crippen LogP contribution in [0.4, 0.5) is 4.39 Å². The molecule has 0 fully saturated rings. The summed E-state index contributed by atoms with van der Waals surface area (Å²) in [5, 5.41) is 7.68. The number of halogens is 2. The maximum absolute atomic E-state index is 13.7. The molecule has 8 heteroatoms. The number of fused-ring (bicyclic) bond motifs is 1. The van der Waals surface area contributed by atoms with Gasteiger partial charge in [0.05, 0.1) is 11.7 Å². The molecule has 0 bridgehead atoms. The molecule has 0 saturated carbocycles. The third-order valence-electron chi connectivity index (χ3n) is 2.72. The van der Waals surface area contributed by atoms with Crippen LogP contribution in [0.3, 0.4) is 0 Å². The van der Waals surface area contributed by atoms with E-state index in [-0.39, 0.29) is 23.0 Å². The van der Waals surface area contributed by atoms with E-state index in [9.17, 15) is 9.18 Å². The fraction of sp³-hybridized carbons (Fsp3) is 0.167. The molecule has 0 spiro atoms. The summed E-state index contributed by atoms with van der Waals surface area (Å²) in [6, 6.07) is 2.80. The van der Waals surface area contributed by atoms with Crippen molar-refractivity contribution in [2.45, 2.75) is 13.5 Å². The van der Waals surface area contributed by atoms with E-state index in [1.165, 1.54) is 23.0 Å². The fourth-order valence-electron chi connectivity index (χ4n) is 1.85. The molecular formula is C12H8BrFN4O2. The van der Waals surface area contributed by atoms with Gasteiger partial charge < -0.3 is 4.42 Å². The molecule has 3 aromatic rings. The zero-order valence-electron chi connectivity index (χ0n) is 10.3. The Bertz CT molecular complexity index is 858. The van der Waals surface area contributed by atoms with Crippen LogP contribution in [-0.4, -0.2) is 19.7 Å². The number of rotatable bonds is 2. The van der Waals surface area contributed by atoms with Crippen molar-refractivity contribution in [3.8, 4) is 0 Å². The average molecular weight is 339 g/mol. The van der Waals surface area contributed by atoms with Crippen molar-refractivity contribution >= 4 is 26.8 Å². The van der Waals surface area contributed by atoms with Gasteiger partial charge in [0.2, 0.25) is 11.8 Å². The first kappa shape index (κ1) is 12.9. The molecule has 20 heavy (non-hydrogen) atoms. The molecule has 0 aliphatic rings. The molecule has 6 nitrogen and oxygen atoms in total. The molecule has 1 aromatic carbocycles. The van der Waals surface area contributed by atoms with Gasteiger partial charge in [-0.1, -0.05) is 15.9 Å². The topological polar surface area (TPSA) is 73.8 Å². The summed E-state index contributed by atoms with van der Waals surface area (Å²) in [6.45, 7) is 1.75. The molecule has 2 aromatic heterocycles. The van der Waals surface area contributed by atoms with Crippen LogP contribution in [0.5, 0.6) is 0 Å². The van der Waals surface area contributed by atoms with Gasteiger partial charge in [-0.15, -0.1) is 10.2 Å². The highest BCUT2D eigenvalue weighted by Crippen LogP contribution is 2.19. The lowest BCUT2D eigenvalue weighted by atomic mass is 10.2. The quantitative estimate of drug-likeness (QED) is 0.714. The SMILES string of the molecule is Cc1nnc(Cn2cnc3c(F)cc(Br)cc3c2=O)o1. The number of hydrogen-bond donors (Lipinski definition) is 0. The van der Waals surface area contributed by atoms with E-state index in [0.29, 0.717) is 16.3 Å². The molecule has 2 heterocycles. The third-order valence-corrected chi connectivity index (χ3v) is 3.18. The van der Waals surface area contributed by atoms with Crippen LogP contribution in [0, 0.1) is 12.7 Å². The Hall–Kier alpha value is -2.09. The molecule has 0 aliphatic heterocycles. The Morgan fingerprint density at radius 2 is 2.20 bits per heavy atom. The summed E-state index contributed by atoms with van der Waals surface area (Å²) in [5.74, 6) is 0.157. The molecule has 0 amide bonds. The van der Waals surface area contributed by atoms with Crippen molar-refractivity contribution in [1.29, 1.82) is 0 Å². The predicted molar refractivity (Wildman–Crippen MR) is 71.8 cm³/mol. The largest absolute Gasteiger partial charge is 0.424 e. The number of benzene rings is 1. The number of hydrogen-bond acceptors (Lipinski definition) is 5. The van der Waals surface area contributed by atoms with Crippen molar-refractivity contribution in [3.63, 3.8) is 0 Å². The smallest absolute Gasteiger partial charge is 0.261 e. The van der Waals surface area contributed by atoms with E-state index < -0.39 is 5.82 Å². The van der Waals surface area contributed by atoms with E-state index in [1.54, 1.807) is 6.92 Å². The van der Waals surface area contributed by atoms with Gasteiger partial charge in [0.1, 0.15) is 12.1 Å². The Morgan fingerprint density at radius 3 is 2.90 bits per heavy atom. The first-order valence-electron chi connectivity index (χ1n) is 5.68. The first-order chi connectivity index (χ1) is 9.54. The third kappa shape index (κ3) is 2.22. The zero-order chi connectivity index (χ0) is 14.3. The Kier molecular flexibility index (Phi) is 3.09. The second kappa shape index (κ2) is 4.78. The molecule has 0 atom stereocenters. The van der Waals surface area contributed by atoms with Crippen molar-refractivity contribution in [3.05, 3.63) is 50.9 Å². The second-order valence-electron chi connectivity index (χ2n) is 4.18. The van der Waals surface area contributed by atoms with Crippen LogP contribution in [0.2, 0.25) is 0 Å². The van der Waals surface area contributed by atoms with Gasteiger partial charge in [0.25, 0.3) is 5.56 Å². The lowest BCUT2D eigenvalue weighted by Gasteiger charge is -2.05. The van der Waals surface area contributed by atoms with Crippen molar-refractivity contribution < 1.29 is 8.81 Å². The van der Waals surface area contributed by atoms with E-state index in [2.05, 4.69) is 31.1 Å². The zero-order valence-corrected chi connectivity index (χ0v) is 11.9. The molecule has 0 N–H and O–H groups in total. The van der Waals surface area contributed by atoms with Crippen LogP contribution in [-0.2, 0) is 6.54 Å². The van der Waals surface area contributed by atoms with Crippen LogP contribution in [0.1, 0.15) is 11.8 Å². The molecule has 0 unspecified atom stereocenters. The summed E-state index contributed by atoms with van der Waals surface area (Å²) >= 11 is 3.16. The molecule has 3 rings (SSSR count). The highest BCUT2D eigenvalue weighted by Gasteiger charge is 2.11. The minimum atomic E-state index is -0.549. The maximum Gasteiger partial charge on any atom is 0.261 e. The maximum atomic E-state index is 13.7. The highest BCUT2D eigenvalue weighted by atomic mass is 79.9. The minimum Gasteiger partial charge on any atom is -0.424 e. The first-order valence-corrected chi connectivity index (χ1v) is 6.47. The van der Waals surface area contributed by atoms with E-state index in [4.69, 9.17) is 4.42 Å². The number of nitrogens with zero attached hydrogens (tertiary/aromatic N) is 4. The lowest BCUT2D eigenvalue weighted by Crippen LogP contribution is -2.21. The number of aryl methyl sites for hydroxylation is 1. The van der Waals surface area contributed by atoms with Crippen molar-refractivity contribution in [1.82, 2.24) is 19.7 Å². The molecule has 0 aliphatic carbocycles. The molecule has 0 saturated heterocycles. The molecular weight excluding hydrogens is 331 g/mol. The van der Waals surface area contributed by atoms with Gasteiger partial charge in [-0.25, -0.2) is 9.37 Å². The predicted octanol–water partition coefficient (Wildman–Crippen LogP) is 2.04. The minimum absolute atomic E-state index is 0.0381. The van der Waals surface area contributed by atoms with Crippen LogP contribution in [0.15, 0.2) is 32.1 Å². The van der Waals surface area contributed by atoms with Gasteiger partial charge >= 0.3 is 0 Å². The summed E-state index contributed by atoms with van der Waals surface area (Å²) in [5.41, 5.74) is -0.331. The van der Waals surface area contributed by atoms with Gasteiger partial charge in [0, 0.05) is 11.4 Å². The van der Waals surface area contributed by atoms with Crippen LogP contribution in [0.25, 0.3) is 10.9 Å². The summed E-state index contributed by atoms with van der Waals surface area (Å²) in [4.78, 5) is 16.3. The Labute approximate surface area is 120 Å². The highest BCUT2D eigenvalue weighted by molar-refractivity contribution is 9.10. The normalized spacial score (nSPS) is 11.2. The van der Waals surface area contributed by atoms with Crippen LogP contribution >= 0.6 is 15.9 Å². The van der Waals surface area contributed by atoms with Gasteiger partial charge in [0.15, 0.2) is 5.82 Å². The van der Waals surface area contributed by atoms with Gasteiger partial charge in [-0.05, 0) is 12.1 Å². The van der Waals surface area contributed by atoms with Crippen molar-refractivity contribution in [2.24, 2.45) is 0 Å². The van der Waals surface area contributed by atoms with Gasteiger partial charge in [-0.3, -0.25) is 9.36 Å². The number of aromatic nitrogens is 4. The summed E-state index contributed by atoms with van der Waals surface area (Å²) in [7, 11) is 0. The second-order valence-corrected chi connectivity index (χ2v) is 5.09. The summed E-state index contributed by atoms with van der Waals surface area (Å²) < 4.78 is 20.7. The Morgan fingerprint density at radius 1 is 1.40 bits per heavy atom. The lowest BCUT2D eigenvalue weighted by molar-refractivity contribution is 0.451. The van der Waals surface area contributed by atoms with E-state index in [1.807, 2.05) is 0 Å². The van der Waals surface area contributed by atoms with Gasteiger partial charge in [-0.2, -0.15) is 0 Å². The van der Waals surface area contributed by atoms with E-state index >= 15 is 0 Å². The van der Waals surface area contributed by atoms with Crippen molar-refractivity contribution in [2.75, 3.05) is 0 Å². The Balaban J connectivity index is 2.14. The standard InChI is InChI=1S/C12H8BrFN4O2/c1-6-16-17-10(20-6)4-18-5-15-11-8(12(18)19)2-7(13)3-9(11)14/h2-3,5H,4H2,1H3. The van der Waals surface area contributed by atoms with Crippen LogP contribution < -0.4 is 5.56 Å². The molecule has 102 valence electrons. The summed E-state index contributed by atoms with van der Waals surface area (Å²) in [6.07, 6.45) is 1.27.